The van der Waals surface area contributed by atoms with Crippen LogP contribution in [0.4, 0.5) is 0 Å². The van der Waals surface area contributed by atoms with Gasteiger partial charge in [-0.3, -0.25) is 0 Å². The van der Waals surface area contributed by atoms with E-state index in [1.165, 1.54) is 4.70 Å². The molecule has 14 heavy (non-hydrogen) atoms. The van der Waals surface area contributed by atoms with Crippen LogP contribution in [0.25, 0.3) is 10.1 Å². The molecule has 0 spiro atoms. The smallest absolute Gasteiger partial charge is 0.0995 e. The molecule has 0 atom stereocenters. The Labute approximate surface area is 99.9 Å². The highest BCUT2D eigenvalue weighted by atomic mass is 79.9. The van der Waals surface area contributed by atoms with Crippen molar-refractivity contribution in [3.63, 3.8) is 0 Å². The maximum atomic E-state index is 8.93. The Hall–Kier alpha value is -0.500. The SMILES string of the molecule is N#Cc1ccc2sc(S)cc2c1CBr. The number of alkyl halides is 1. The molecule has 0 aliphatic carbocycles. The van der Waals surface area contributed by atoms with Gasteiger partial charge in [0.15, 0.2) is 0 Å². The molecule has 0 fully saturated rings. The molecule has 1 heterocycles. The minimum atomic E-state index is 0.706. The topological polar surface area (TPSA) is 23.8 Å². The predicted octanol–water partition coefficient (Wildman–Crippen LogP) is 3.96. The van der Waals surface area contributed by atoms with E-state index in [2.05, 4.69) is 34.6 Å². The summed E-state index contributed by atoms with van der Waals surface area (Å²) < 4.78 is 2.17. The van der Waals surface area contributed by atoms with Crippen LogP contribution in [0.3, 0.4) is 0 Å². The number of thiophene rings is 1. The lowest BCUT2D eigenvalue weighted by molar-refractivity contribution is 1.41. The molecule has 0 unspecified atom stereocenters. The minimum Gasteiger partial charge on any atom is -0.192 e. The summed E-state index contributed by atoms with van der Waals surface area (Å²) in [5.74, 6) is 0. The van der Waals surface area contributed by atoms with Crippen molar-refractivity contribution >= 4 is 50.0 Å². The summed E-state index contributed by atoms with van der Waals surface area (Å²) in [5, 5.41) is 10.8. The molecule has 0 N–H and O–H groups in total. The van der Waals surface area contributed by atoms with Crippen LogP contribution in [-0.2, 0) is 5.33 Å². The van der Waals surface area contributed by atoms with E-state index in [-0.39, 0.29) is 0 Å². The van der Waals surface area contributed by atoms with Crippen LogP contribution in [0, 0.1) is 11.3 Å². The van der Waals surface area contributed by atoms with Gasteiger partial charge in [-0.2, -0.15) is 5.26 Å². The van der Waals surface area contributed by atoms with E-state index in [1.807, 2.05) is 18.2 Å². The number of benzene rings is 1. The molecule has 0 saturated carbocycles. The average molecular weight is 284 g/mol. The third kappa shape index (κ3) is 1.56. The number of thiol groups is 1. The van der Waals surface area contributed by atoms with Crippen LogP contribution >= 0.6 is 39.9 Å². The Kier molecular flexibility index (Phi) is 2.82. The number of fused-ring (bicyclic) bond motifs is 1. The van der Waals surface area contributed by atoms with Gasteiger partial charge >= 0.3 is 0 Å². The van der Waals surface area contributed by atoms with Gasteiger partial charge in [-0.1, -0.05) is 15.9 Å². The lowest BCUT2D eigenvalue weighted by atomic mass is 10.1. The van der Waals surface area contributed by atoms with Crippen LogP contribution in [0.5, 0.6) is 0 Å². The molecule has 0 aliphatic rings. The van der Waals surface area contributed by atoms with Crippen molar-refractivity contribution in [1.82, 2.24) is 0 Å². The van der Waals surface area contributed by atoms with Crippen molar-refractivity contribution in [1.29, 1.82) is 5.26 Å². The molecule has 1 nitrogen and oxygen atoms in total. The Morgan fingerprint density at radius 2 is 2.29 bits per heavy atom. The zero-order chi connectivity index (χ0) is 10.1. The summed E-state index contributed by atoms with van der Waals surface area (Å²) in [7, 11) is 0. The molecule has 1 aromatic carbocycles. The number of hydrogen-bond donors (Lipinski definition) is 1. The summed E-state index contributed by atoms with van der Waals surface area (Å²) >= 11 is 9.36. The van der Waals surface area contributed by atoms with Crippen LogP contribution < -0.4 is 0 Å². The maximum Gasteiger partial charge on any atom is 0.0995 e. The maximum absolute atomic E-state index is 8.93. The van der Waals surface area contributed by atoms with Crippen LogP contribution in [-0.4, -0.2) is 0 Å². The number of rotatable bonds is 1. The lowest BCUT2D eigenvalue weighted by Gasteiger charge is -2.00. The molecule has 4 heteroatoms. The molecule has 0 saturated heterocycles. The average Bonchev–Trinajstić information content (AvgIpc) is 2.56. The molecule has 0 aliphatic heterocycles. The number of nitrogens with zero attached hydrogens (tertiary/aromatic N) is 1. The highest BCUT2D eigenvalue weighted by Gasteiger charge is 2.08. The summed E-state index contributed by atoms with van der Waals surface area (Å²) in [6, 6.07) is 8.05. The molecular formula is C10H6BrNS2. The highest BCUT2D eigenvalue weighted by Crippen LogP contribution is 2.33. The Bertz CT molecular complexity index is 525. The first-order valence-electron chi connectivity index (χ1n) is 3.96. The second-order valence-electron chi connectivity index (χ2n) is 2.83. The number of nitriles is 1. The molecule has 2 aromatic rings. The van der Waals surface area contributed by atoms with Gasteiger partial charge in [0.25, 0.3) is 0 Å². The molecule has 0 amide bonds. The van der Waals surface area contributed by atoms with Crippen LogP contribution in [0.2, 0.25) is 0 Å². The lowest BCUT2D eigenvalue weighted by Crippen LogP contribution is -1.85. The fraction of sp³-hybridized carbons (Fsp3) is 0.100. The second-order valence-corrected chi connectivity index (χ2v) is 5.26. The van der Waals surface area contributed by atoms with E-state index in [9.17, 15) is 0 Å². The zero-order valence-electron chi connectivity index (χ0n) is 7.12. The molecule has 0 radical (unpaired) electrons. The Morgan fingerprint density at radius 3 is 2.93 bits per heavy atom. The van der Waals surface area contributed by atoms with E-state index in [1.54, 1.807) is 11.3 Å². The number of hydrogen-bond acceptors (Lipinski definition) is 3. The van der Waals surface area contributed by atoms with Gasteiger partial charge in [-0.15, -0.1) is 24.0 Å². The van der Waals surface area contributed by atoms with E-state index >= 15 is 0 Å². The fourth-order valence-electron chi connectivity index (χ4n) is 1.40. The molecular weight excluding hydrogens is 278 g/mol. The van der Waals surface area contributed by atoms with Crippen LogP contribution in [0.15, 0.2) is 22.4 Å². The van der Waals surface area contributed by atoms with Gasteiger partial charge in [-0.25, -0.2) is 0 Å². The summed E-state index contributed by atoms with van der Waals surface area (Å²) in [4.78, 5) is 0. The second kappa shape index (κ2) is 3.93. The zero-order valence-corrected chi connectivity index (χ0v) is 10.4. The molecule has 1 aromatic heterocycles. The largest absolute Gasteiger partial charge is 0.192 e. The van der Waals surface area contributed by atoms with Gasteiger partial charge in [0.2, 0.25) is 0 Å². The number of halogens is 1. The van der Waals surface area contributed by atoms with E-state index in [0.29, 0.717) is 5.33 Å². The summed E-state index contributed by atoms with van der Waals surface area (Å²) in [6.07, 6.45) is 0. The first-order chi connectivity index (χ1) is 6.76. The molecule has 0 bridgehead atoms. The standard InChI is InChI=1S/C10H6BrNS2/c11-4-8-6(5-12)1-2-9-7(8)3-10(13)14-9/h1-3,13H,4H2. The predicted molar refractivity (Wildman–Crippen MR) is 66.4 cm³/mol. The third-order valence-corrected chi connectivity index (χ3v) is 3.92. The van der Waals surface area contributed by atoms with Crippen LogP contribution in [0.1, 0.15) is 11.1 Å². The van der Waals surface area contributed by atoms with Crippen molar-refractivity contribution in [3.05, 3.63) is 29.3 Å². The van der Waals surface area contributed by atoms with Crippen molar-refractivity contribution in [3.8, 4) is 6.07 Å². The van der Waals surface area contributed by atoms with Gasteiger partial charge in [-0.05, 0) is 29.1 Å². The van der Waals surface area contributed by atoms with Crippen molar-refractivity contribution in [2.75, 3.05) is 0 Å². The minimum absolute atomic E-state index is 0.706. The van der Waals surface area contributed by atoms with E-state index in [4.69, 9.17) is 5.26 Å². The van der Waals surface area contributed by atoms with Crippen molar-refractivity contribution < 1.29 is 0 Å². The monoisotopic (exact) mass is 283 g/mol. The Balaban J connectivity index is 2.84. The van der Waals surface area contributed by atoms with Gasteiger partial charge in [0.1, 0.15) is 0 Å². The van der Waals surface area contributed by atoms with E-state index < -0.39 is 0 Å². The van der Waals surface area contributed by atoms with Crippen molar-refractivity contribution in [2.45, 2.75) is 9.54 Å². The van der Waals surface area contributed by atoms with Crippen molar-refractivity contribution in [2.24, 2.45) is 0 Å². The van der Waals surface area contributed by atoms with Gasteiger partial charge in [0.05, 0.1) is 15.8 Å². The highest BCUT2D eigenvalue weighted by molar-refractivity contribution is 9.08. The van der Waals surface area contributed by atoms with E-state index in [0.717, 1.165) is 20.7 Å². The first kappa shape index (κ1) is 10.0. The third-order valence-electron chi connectivity index (χ3n) is 2.05. The molecule has 2 rings (SSSR count). The normalized spacial score (nSPS) is 10.4. The Morgan fingerprint density at radius 1 is 1.50 bits per heavy atom. The van der Waals surface area contributed by atoms with Gasteiger partial charge in [0, 0.05) is 10.0 Å². The fourth-order valence-corrected chi connectivity index (χ4v) is 3.26. The summed E-state index contributed by atoms with van der Waals surface area (Å²) in [5.41, 5.74) is 1.79. The summed E-state index contributed by atoms with van der Waals surface area (Å²) in [6.45, 7) is 0. The molecule has 70 valence electrons. The quantitative estimate of drug-likeness (QED) is 0.622. The van der Waals surface area contributed by atoms with Gasteiger partial charge < -0.3 is 0 Å². The first-order valence-corrected chi connectivity index (χ1v) is 6.35.